The minimum atomic E-state index is -4.47. The Labute approximate surface area is 115 Å². The highest BCUT2D eigenvalue weighted by atomic mass is 32.2. The van der Waals surface area contributed by atoms with Crippen LogP contribution in [0.1, 0.15) is 25.3 Å². The van der Waals surface area contributed by atoms with Crippen molar-refractivity contribution in [2.24, 2.45) is 11.7 Å². The quantitative estimate of drug-likeness (QED) is 0.913. The lowest BCUT2D eigenvalue weighted by Gasteiger charge is -2.19. The van der Waals surface area contributed by atoms with Gasteiger partial charge in [-0.25, -0.2) is 8.42 Å². The van der Waals surface area contributed by atoms with Crippen molar-refractivity contribution in [3.8, 4) is 0 Å². The zero-order valence-electron chi connectivity index (χ0n) is 10.9. The first-order valence-corrected chi connectivity index (χ1v) is 7.85. The molecule has 7 heteroatoms. The van der Waals surface area contributed by atoms with E-state index < -0.39 is 26.8 Å². The van der Waals surface area contributed by atoms with Crippen molar-refractivity contribution in [1.82, 2.24) is 0 Å². The summed E-state index contributed by atoms with van der Waals surface area (Å²) in [6.07, 6.45) is -3.40. The molecule has 1 aromatic carbocycles. The molecule has 20 heavy (non-hydrogen) atoms. The highest BCUT2D eigenvalue weighted by Gasteiger charge is 2.40. The maximum absolute atomic E-state index is 12.5. The summed E-state index contributed by atoms with van der Waals surface area (Å²) in [4.78, 5) is -0.0727. The van der Waals surface area contributed by atoms with Crippen molar-refractivity contribution in [1.29, 1.82) is 0 Å². The maximum Gasteiger partial charge on any atom is 0.416 e. The van der Waals surface area contributed by atoms with Crippen molar-refractivity contribution in [2.75, 3.05) is 0 Å². The van der Waals surface area contributed by atoms with Crippen LogP contribution in [0, 0.1) is 5.92 Å². The summed E-state index contributed by atoms with van der Waals surface area (Å²) in [6.45, 7) is 1.77. The molecule has 2 N–H and O–H groups in total. The molecule has 3 unspecified atom stereocenters. The number of hydrogen-bond donors (Lipinski definition) is 1. The van der Waals surface area contributed by atoms with E-state index in [-0.39, 0.29) is 16.9 Å². The third kappa shape index (κ3) is 2.69. The standard InChI is InChI=1S/C13H16F3NO2S/c1-8-11(17)6-7-12(8)20(18,19)10-4-2-9(3-5-10)13(14,15)16/h2-5,8,11-12H,6-7,17H2,1H3. The van der Waals surface area contributed by atoms with Gasteiger partial charge in [0.25, 0.3) is 0 Å². The van der Waals surface area contributed by atoms with E-state index in [4.69, 9.17) is 5.73 Å². The molecule has 0 aromatic heterocycles. The number of hydrogen-bond acceptors (Lipinski definition) is 3. The van der Waals surface area contributed by atoms with Crippen molar-refractivity contribution < 1.29 is 21.6 Å². The minimum Gasteiger partial charge on any atom is -0.327 e. The van der Waals surface area contributed by atoms with E-state index in [2.05, 4.69) is 0 Å². The second-order valence-electron chi connectivity index (χ2n) is 5.21. The fourth-order valence-corrected chi connectivity index (χ4v) is 4.68. The van der Waals surface area contributed by atoms with Crippen molar-refractivity contribution >= 4 is 9.84 Å². The fraction of sp³-hybridized carbons (Fsp3) is 0.538. The maximum atomic E-state index is 12.5. The van der Waals surface area contributed by atoms with Gasteiger partial charge in [0.05, 0.1) is 15.7 Å². The second-order valence-corrected chi connectivity index (χ2v) is 7.37. The van der Waals surface area contributed by atoms with Crippen LogP contribution in [0.15, 0.2) is 29.2 Å². The Kier molecular flexibility index (Phi) is 3.85. The van der Waals surface area contributed by atoms with Gasteiger partial charge in [-0.1, -0.05) is 6.92 Å². The van der Waals surface area contributed by atoms with Crippen LogP contribution in [0.3, 0.4) is 0 Å². The molecule has 1 aliphatic carbocycles. The van der Waals surface area contributed by atoms with Crippen LogP contribution in [-0.4, -0.2) is 19.7 Å². The highest BCUT2D eigenvalue weighted by Crippen LogP contribution is 2.35. The second kappa shape index (κ2) is 5.04. The van der Waals surface area contributed by atoms with Crippen LogP contribution in [0.25, 0.3) is 0 Å². The van der Waals surface area contributed by atoms with Gasteiger partial charge >= 0.3 is 6.18 Å². The molecule has 3 atom stereocenters. The van der Waals surface area contributed by atoms with Gasteiger partial charge in [-0.15, -0.1) is 0 Å². The number of sulfone groups is 1. The van der Waals surface area contributed by atoms with Gasteiger partial charge in [-0.3, -0.25) is 0 Å². The Morgan fingerprint density at radius 1 is 1.15 bits per heavy atom. The number of rotatable bonds is 2. The van der Waals surface area contributed by atoms with Crippen LogP contribution < -0.4 is 5.73 Å². The lowest BCUT2D eigenvalue weighted by molar-refractivity contribution is -0.137. The third-order valence-electron chi connectivity index (χ3n) is 3.96. The molecule has 1 fully saturated rings. The molecule has 0 heterocycles. The van der Waals surface area contributed by atoms with E-state index in [1.54, 1.807) is 6.92 Å². The molecule has 2 rings (SSSR count). The van der Waals surface area contributed by atoms with Gasteiger partial charge in [0.1, 0.15) is 0 Å². The van der Waals surface area contributed by atoms with Crippen LogP contribution in [0.4, 0.5) is 13.2 Å². The topological polar surface area (TPSA) is 60.2 Å². The zero-order chi connectivity index (χ0) is 15.1. The summed E-state index contributed by atoms with van der Waals surface area (Å²) < 4.78 is 62.2. The molecule has 1 aliphatic rings. The van der Waals surface area contributed by atoms with E-state index in [0.29, 0.717) is 12.8 Å². The lowest BCUT2D eigenvalue weighted by Crippen LogP contribution is -2.32. The Hall–Kier alpha value is -1.08. The third-order valence-corrected chi connectivity index (χ3v) is 6.35. The Balaban J connectivity index is 2.31. The van der Waals surface area contributed by atoms with E-state index in [0.717, 1.165) is 24.3 Å². The molecular weight excluding hydrogens is 291 g/mol. The summed E-state index contributed by atoms with van der Waals surface area (Å²) in [5.74, 6) is -0.192. The van der Waals surface area contributed by atoms with E-state index in [1.807, 2.05) is 0 Å². The predicted molar refractivity (Wildman–Crippen MR) is 68.8 cm³/mol. The molecule has 3 nitrogen and oxygen atoms in total. The van der Waals surface area contributed by atoms with Crippen LogP contribution in [-0.2, 0) is 16.0 Å². The summed E-state index contributed by atoms with van der Waals surface area (Å²) in [5.41, 5.74) is 4.96. The molecule has 1 aromatic rings. The smallest absolute Gasteiger partial charge is 0.327 e. The van der Waals surface area contributed by atoms with Gasteiger partial charge in [-0.05, 0) is 43.0 Å². The monoisotopic (exact) mass is 307 g/mol. The summed E-state index contributed by atoms with van der Waals surface area (Å²) in [6, 6.07) is 3.46. The predicted octanol–water partition coefficient (Wildman–Crippen LogP) is 2.60. The molecule has 1 saturated carbocycles. The SMILES string of the molecule is CC1C(N)CCC1S(=O)(=O)c1ccc(C(F)(F)F)cc1. The number of halogens is 3. The van der Waals surface area contributed by atoms with Crippen molar-refractivity contribution in [3.63, 3.8) is 0 Å². The van der Waals surface area contributed by atoms with Crippen LogP contribution >= 0.6 is 0 Å². The molecule has 0 saturated heterocycles. The first-order chi connectivity index (χ1) is 9.14. The molecule has 0 amide bonds. The van der Waals surface area contributed by atoms with Gasteiger partial charge in [-0.2, -0.15) is 13.2 Å². The summed E-state index contributed by atoms with van der Waals surface area (Å²) >= 11 is 0. The lowest BCUT2D eigenvalue weighted by atomic mass is 10.1. The molecule has 112 valence electrons. The Morgan fingerprint density at radius 3 is 2.10 bits per heavy atom. The summed E-state index contributed by atoms with van der Waals surface area (Å²) in [7, 11) is -3.63. The molecule has 0 spiro atoms. The Morgan fingerprint density at radius 2 is 1.70 bits per heavy atom. The normalized spacial score (nSPS) is 27.8. The number of nitrogens with two attached hydrogens (primary N) is 1. The largest absolute Gasteiger partial charge is 0.416 e. The van der Waals surface area contributed by atoms with Gasteiger partial charge in [0.2, 0.25) is 0 Å². The fourth-order valence-electron chi connectivity index (χ4n) is 2.60. The molecule has 0 aliphatic heterocycles. The zero-order valence-corrected chi connectivity index (χ0v) is 11.7. The minimum absolute atomic E-state index is 0.0727. The van der Waals surface area contributed by atoms with E-state index in [1.165, 1.54) is 0 Å². The average Bonchev–Trinajstić information content (AvgIpc) is 2.69. The average molecular weight is 307 g/mol. The van der Waals surface area contributed by atoms with E-state index >= 15 is 0 Å². The van der Waals surface area contributed by atoms with Crippen molar-refractivity contribution in [2.45, 2.75) is 42.1 Å². The van der Waals surface area contributed by atoms with Crippen LogP contribution in [0.5, 0.6) is 0 Å². The molecule has 0 bridgehead atoms. The first-order valence-electron chi connectivity index (χ1n) is 6.31. The first kappa shape index (κ1) is 15.3. The molecule has 0 radical (unpaired) electrons. The summed E-state index contributed by atoms with van der Waals surface area (Å²) in [5, 5.41) is -0.616. The van der Waals surface area contributed by atoms with E-state index in [9.17, 15) is 21.6 Å². The highest BCUT2D eigenvalue weighted by molar-refractivity contribution is 7.92. The number of benzene rings is 1. The van der Waals surface area contributed by atoms with Gasteiger partial charge < -0.3 is 5.73 Å². The van der Waals surface area contributed by atoms with Crippen LogP contribution in [0.2, 0.25) is 0 Å². The van der Waals surface area contributed by atoms with Gasteiger partial charge in [0, 0.05) is 6.04 Å². The Bertz CT molecular complexity index is 581. The van der Waals surface area contributed by atoms with Crippen molar-refractivity contribution in [3.05, 3.63) is 29.8 Å². The van der Waals surface area contributed by atoms with Gasteiger partial charge in [0.15, 0.2) is 9.84 Å². The number of alkyl halides is 3. The molecular formula is C13H16F3NO2S.